The van der Waals surface area contributed by atoms with Crippen molar-refractivity contribution >= 4 is 50.7 Å². The zero-order valence-corrected chi connectivity index (χ0v) is 21.1. The molecule has 1 amide bonds. The lowest BCUT2D eigenvalue weighted by atomic mass is 9.85. The minimum Gasteiger partial charge on any atom is -0.465 e. The second kappa shape index (κ2) is 9.80. The largest absolute Gasteiger partial charge is 0.465 e. The van der Waals surface area contributed by atoms with Crippen LogP contribution >= 0.6 is 22.9 Å². The third-order valence-corrected chi connectivity index (χ3v) is 8.05. The number of halogens is 1. The van der Waals surface area contributed by atoms with Crippen LogP contribution in [0.3, 0.4) is 0 Å². The van der Waals surface area contributed by atoms with Gasteiger partial charge in [0, 0.05) is 20.8 Å². The molecule has 0 spiro atoms. The standard InChI is InChI=1S/C28H25ClN2O3S/c1-3-16-9-11-19-24(13-16)35-27(25(19)28(33)34-2)31-26(32)21-15-23(17-7-5-4-6-8-17)30-22-12-10-18(29)14-20(21)22/h4-8,10,12,14-16H,3,9,11,13H2,1-2H3,(H,31,32)/t16-/m0/s1. The number of carbonyl (C=O) groups is 2. The average molecular weight is 505 g/mol. The Morgan fingerprint density at radius 3 is 2.71 bits per heavy atom. The Bertz CT molecular complexity index is 1430. The van der Waals surface area contributed by atoms with Gasteiger partial charge >= 0.3 is 5.97 Å². The van der Waals surface area contributed by atoms with Crippen LogP contribution in [0.25, 0.3) is 22.2 Å². The Labute approximate surface area is 213 Å². The quantitative estimate of drug-likeness (QED) is 0.292. The molecule has 1 atom stereocenters. The number of fused-ring (bicyclic) bond motifs is 2. The van der Waals surface area contributed by atoms with Crippen molar-refractivity contribution in [3.05, 3.63) is 81.2 Å². The molecule has 1 aliphatic carbocycles. The summed E-state index contributed by atoms with van der Waals surface area (Å²) in [6, 6.07) is 16.8. The van der Waals surface area contributed by atoms with Crippen LogP contribution in [-0.2, 0) is 17.6 Å². The third kappa shape index (κ3) is 4.56. The lowest BCUT2D eigenvalue weighted by molar-refractivity contribution is 0.0601. The topological polar surface area (TPSA) is 68.3 Å². The maximum atomic E-state index is 13.7. The smallest absolute Gasteiger partial charge is 0.341 e. The fourth-order valence-corrected chi connectivity index (χ4v) is 6.24. The van der Waals surface area contributed by atoms with Gasteiger partial charge in [-0.1, -0.05) is 55.3 Å². The van der Waals surface area contributed by atoms with Crippen LogP contribution in [0.1, 0.15) is 50.9 Å². The first-order valence-electron chi connectivity index (χ1n) is 11.7. The molecule has 1 aliphatic rings. The van der Waals surface area contributed by atoms with Crippen molar-refractivity contribution in [3.8, 4) is 11.3 Å². The molecule has 0 aliphatic heterocycles. The molecule has 7 heteroatoms. The highest BCUT2D eigenvalue weighted by molar-refractivity contribution is 7.17. The van der Waals surface area contributed by atoms with E-state index in [0.717, 1.165) is 41.7 Å². The summed E-state index contributed by atoms with van der Waals surface area (Å²) in [6.07, 6.45) is 3.86. The molecule has 5 rings (SSSR count). The maximum Gasteiger partial charge on any atom is 0.341 e. The maximum absolute atomic E-state index is 13.7. The monoisotopic (exact) mass is 504 g/mol. The van der Waals surface area contributed by atoms with E-state index in [4.69, 9.17) is 21.3 Å². The van der Waals surface area contributed by atoms with Gasteiger partial charge in [-0.05, 0) is 55.0 Å². The Morgan fingerprint density at radius 1 is 1.17 bits per heavy atom. The number of hydrogen-bond acceptors (Lipinski definition) is 5. The first-order chi connectivity index (χ1) is 17.0. The second-order valence-corrected chi connectivity index (χ2v) is 10.3. The van der Waals surface area contributed by atoms with Crippen molar-refractivity contribution in [1.29, 1.82) is 0 Å². The summed E-state index contributed by atoms with van der Waals surface area (Å²) in [7, 11) is 1.38. The lowest BCUT2D eigenvalue weighted by Crippen LogP contribution is -2.17. The van der Waals surface area contributed by atoms with E-state index in [2.05, 4.69) is 12.2 Å². The van der Waals surface area contributed by atoms with Crippen molar-refractivity contribution in [2.45, 2.75) is 32.6 Å². The molecule has 0 fully saturated rings. The highest BCUT2D eigenvalue weighted by Crippen LogP contribution is 2.41. The van der Waals surface area contributed by atoms with Gasteiger partial charge in [-0.15, -0.1) is 11.3 Å². The zero-order valence-electron chi connectivity index (χ0n) is 19.6. The van der Waals surface area contributed by atoms with Crippen molar-refractivity contribution in [2.24, 2.45) is 5.92 Å². The van der Waals surface area contributed by atoms with Crippen LogP contribution in [-0.4, -0.2) is 24.0 Å². The molecule has 0 saturated carbocycles. The molecule has 0 radical (unpaired) electrons. The Morgan fingerprint density at radius 2 is 1.97 bits per heavy atom. The number of pyridine rings is 1. The van der Waals surface area contributed by atoms with E-state index in [1.807, 2.05) is 36.4 Å². The normalized spacial score (nSPS) is 15.0. The van der Waals surface area contributed by atoms with Crippen molar-refractivity contribution in [1.82, 2.24) is 4.98 Å². The number of nitrogens with zero attached hydrogens (tertiary/aromatic N) is 1. The van der Waals surface area contributed by atoms with Gasteiger partial charge in [-0.25, -0.2) is 9.78 Å². The minimum absolute atomic E-state index is 0.312. The first-order valence-corrected chi connectivity index (χ1v) is 12.9. The van der Waals surface area contributed by atoms with Gasteiger partial charge in [0.15, 0.2) is 0 Å². The van der Waals surface area contributed by atoms with Crippen LogP contribution in [0.15, 0.2) is 54.6 Å². The van der Waals surface area contributed by atoms with E-state index < -0.39 is 5.97 Å². The van der Waals surface area contributed by atoms with Gasteiger partial charge in [0.1, 0.15) is 5.00 Å². The van der Waals surface area contributed by atoms with E-state index in [9.17, 15) is 9.59 Å². The molecular weight excluding hydrogens is 480 g/mol. The van der Waals surface area contributed by atoms with Gasteiger partial charge in [0.2, 0.25) is 0 Å². The predicted molar refractivity (Wildman–Crippen MR) is 142 cm³/mol. The number of anilines is 1. The molecule has 2 aromatic heterocycles. The number of amides is 1. The fraction of sp³-hybridized carbons (Fsp3) is 0.250. The zero-order chi connectivity index (χ0) is 24.5. The van der Waals surface area contributed by atoms with Crippen molar-refractivity contribution in [3.63, 3.8) is 0 Å². The SMILES string of the molecule is CC[C@H]1CCc2c(sc(NC(=O)c3cc(-c4ccccc4)nc4ccc(Cl)cc34)c2C(=O)OC)C1. The van der Waals surface area contributed by atoms with Crippen LogP contribution in [0.4, 0.5) is 5.00 Å². The minimum atomic E-state index is -0.416. The molecular formula is C28H25ClN2O3S. The van der Waals surface area contributed by atoms with Crippen molar-refractivity contribution < 1.29 is 14.3 Å². The summed E-state index contributed by atoms with van der Waals surface area (Å²) in [5.41, 5.74) is 4.21. The number of benzene rings is 2. The van der Waals surface area contributed by atoms with Crippen LogP contribution in [0.5, 0.6) is 0 Å². The average Bonchev–Trinajstić information content (AvgIpc) is 3.24. The Balaban J connectivity index is 1.59. The molecule has 2 heterocycles. The van der Waals surface area contributed by atoms with Gasteiger partial charge in [0.05, 0.1) is 29.4 Å². The number of esters is 1. The lowest BCUT2D eigenvalue weighted by Gasteiger charge is -2.20. The van der Waals surface area contributed by atoms with E-state index in [1.54, 1.807) is 18.2 Å². The molecule has 1 N–H and O–H groups in total. The molecule has 0 bridgehead atoms. The van der Waals surface area contributed by atoms with E-state index in [0.29, 0.717) is 43.7 Å². The Hall–Kier alpha value is -3.22. The highest BCUT2D eigenvalue weighted by Gasteiger charge is 2.30. The van der Waals surface area contributed by atoms with Crippen LogP contribution < -0.4 is 5.32 Å². The van der Waals surface area contributed by atoms with Crippen molar-refractivity contribution in [2.75, 3.05) is 12.4 Å². The number of aromatic nitrogens is 1. The second-order valence-electron chi connectivity index (χ2n) is 8.75. The van der Waals surface area contributed by atoms with Crippen LogP contribution in [0, 0.1) is 5.92 Å². The molecule has 0 saturated heterocycles. The van der Waals surface area contributed by atoms with Gasteiger partial charge in [-0.3, -0.25) is 4.79 Å². The van der Waals surface area contributed by atoms with Crippen LogP contribution in [0.2, 0.25) is 5.02 Å². The number of methoxy groups -OCH3 is 1. The molecule has 178 valence electrons. The summed E-state index contributed by atoms with van der Waals surface area (Å²) in [4.78, 5) is 32.3. The molecule has 4 aromatic rings. The fourth-order valence-electron chi connectivity index (χ4n) is 4.72. The van der Waals surface area contributed by atoms with E-state index >= 15 is 0 Å². The molecule has 5 nitrogen and oxygen atoms in total. The summed E-state index contributed by atoms with van der Waals surface area (Å²) < 4.78 is 5.09. The number of carbonyl (C=O) groups excluding carboxylic acids is 2. The summed E-state index contributed by atoms with van der Waals surface area (Å²) >= 11 is 7.76. The van der Waals surface area contributed by atoms with Gasteiger partial charge in [0.25, 0.3) is 5.91 Å². The number of thiophene rings is 1. The number of ether oxygens (including phenoxy) is 1. The summed E-state index contributed by atoms with van der Waals surface area (Å²) in [6.45, 7) is 2.19. The van der Waals surface area contributed by atoms with Gasteiger partial charge < -0.3 is 10.1 Å². The van der Waals surface area contributed by atoms with E-state index in [1.165, 1.54) is 18.4 Å². The summed E-state index contributed by atoms with van der Waals surface area (Å²) in [5.74, 6) is -0.136. The first kappa shape index (κ1) is 23.5. The van der Waals surface area contributed by atoms with Gasteiger partial charge in [-0.2, -0.15) is 0 Å². The number of hydrogen-bond donors (Lipinski definition) is 1. The number of rotatable bonds is 5. The molecule has 35 heavy (non-hydrogen) atoms. The van der Waals surface area contributed by atoms with E-state index in [-0.39, 0.29) is 5.91 Å². The predicted octanol–water partition coefficient (Wildman–Crippen LogP) is 7.17. The summed E-state index contributed by atoms with van der Waals surface area (Å²) in [5, 5.41) is 4.74. The number of nitrogens with one attached hydrogen (secondary N) is 1. The molecule has 2 aromatic carbocycles. The highest BCUT2D eigenvalue weighted by atomic mass is 35.5. The Kier molecular flexibility index (Phi) is 6.58. The third-order valence-electron chi connectivity index (χ3n) is 6.65. The molecule has 0 unspecified atom stereocenters.